The summed E-state index contributed by atoms with van der Waals surface area (Å²) < 4.78 is 59.4. The lowest BCUT2D eigenvalue weighted by Gasteiger charge is -2.15. The molecule has 1 aromatic carbocycles. The molecular weight excluding hydrogens is 304 g/mol. The molecule has 0 atom stereocenters. The predicted octanol–water partition coefficient (Wildman–Crippen LogP) is 3.33. The van der Waals surface area contributed by atoms with Crippen LogP contribution in [0.4, 0.5) is 17.6 Å². The highest BCUT2D eigenvalue weighted by Crippen LogP contribution is 2.24. The van der Waals surface area contributed by atoms with Gasteiger partial charge >= 0.3 is 12.3 Å². The van der Waals surface area contributed by atoms with Crippen molar-refractivity contribution in [1.29, 1.82) is 0 Å². The number of aromatic nitrogens is 2. The van der Waals surface area contributed by atoms with E-state index in [1.807, 2.05) is 30.3 Å². The number of halogens is 4. The van der Waals surface area contributed by atoms with Gasteiger partial charge in [0, 0.05) is 0 Å². The van der Waals surface area contributed by atoms with E-state index in [1.54, 1.807) is 0 Å². The van der Waals surface area contributed by atoms with Crippen LogP contribution in [-0.4, -0.2) is 28.9 Å². The van der Waals surface area contributed by atoms with Crippen LogP contribution in [0.15, 0.2) is 42.7 Å². The Morgan fingerprint density at radius 1 is 1.00 bits per heavy atom. The van der Waals surface area contributed by atoms with Gasteiger partial charge in [-0.25, -0.2) is 18.7 Å². The van der Waals surface area contributed by atoms with E-state index in [0.29, 0.717) is 0 Å². The van der Waals surface area contributed by atoms with Crippen molar-refractivity contribution in [2.45, 2.75) is 19.0 Å². The lowest BCUT2D eigenvalue weighted by Crippen LogP contribution is -2.33. The fraction of sp³-hybridized carbons (Fsp3) is 0.286. The second-order valence-electron chi connectivity index (χ2n) is 4.32. The average molecular weight is 316 g/mol. The van der Waals surface area contributed by atoms with Crippen LogP contribution in [0.25, 0.3) is 0 Å². The largest absolute Gasteiger partial charge is 0.473 e. The number of ether oxygens (including phenoxy) is 2. The third kappa shape index (κ3) is 4.57. The number of hydrogen-bond donors (Lipinski definition) is 0. The molecular formula is C14H12F4N2O2. The van der Waals surface area contributed by atoms with Gasteiger partial charge in [-0.2, -0.15) is 8.78 Å². The molecule has 0 aliphatic carbocycles. The summed E-state index contributed by atoms with van der Waals surface area (Å²) in [6, 6.07) is 10.3. The maximum Gasteiger partial charge on any atom is 0.340 e. The molecule has 118 valence electrons. The van der Waals surface area contributed by atoms with Crippen LogP contribution >= 0.6 is 0 Å². The number of alkyl halides is 4. The van der Waals surface area contributed by atoms with E-state index in [4.69, 9.17) is 4.74 Å². The van der Waals surface area contributed by atoms with Crippen molar-refractivity contribution in [3.8, 4) is 11.8 Å². The molecule has 0 spiro atoms. The van der Waals surface area contributed by atoms with Gasteiger partial charge < -0.3 is 9.47 Å². The van der Waals surface area contributed by atoms with Crippen molar-refractivity contribution in [2.24, 2.45) is 0 Å². The van der Waals surface area contributed by atoms with Crippen LogP contribution in [0.1, 0.15) is 5.56 Å². The molecule has 8 heteroatoms. The highest BCUT2D eigenvalue weighted by molar-refractivity contribution is 5.20. The average Bonchev–Trinajstić information content (AvgIpc) is 2.52. The number of nitrogens with zero attached hydrogens (tertiary/aromatic N) is 2. The first-order chi connectivity index (χ1) is 10.5. The summed E-state index contributed by atoms with van der Waals surface area (Å²) in [5.74, 6) is -4.41. The fourth-order valence-electron chi connectivity index (χ4n) is 1.45. The topological polar surface area (TPSA) is 44.2 Å². The first-order valence-electron chi connectivity index (χ1n) is 6.25. The molecule has 0 fully saturated rings. The van der Waals surface area contributed by atoms with Gasteiger partial charge in [-0.15, -0.1) is 0 Å². The molecule has 4 nitrogen and oxygen atoms in total. The quantitative estimate of drug-likeness (QED) is 0.735. The number of rotatable bonds is 7. The Morgan fingerprint density at radius 2 is 1.64 bits per heavy atom. The third-order valence-electron chi connectivity index (χ3n) is 2.58. The van der Waals surface area contributed by atoms with E-state index in [9.17, 15) is 17.6 Å². The highest BCUT2D eigenvalue weighted by Gasteiger charge is 2.41. The van der Waals surface area contributed by atoms with Gasteiger partial charge in [-0.1, -0.05) is 30.3 Å². The van der Waals surface area contributed by atoms with Gasteiger partial charge in [0.05, 0.1) is 6.07 Å². The first kappa shape index (κ1) is 16.0. The zero-order chi connectivity index (χ0) is 16.0. The Hall–Kier alpha value is -2.38. The highest BCUT2D eigenvalue weighted by atomic mass is 19.3. The molecule has 0 bridgehead atoms. The molecule has 0 amide bonds. The van der Waals surface area contributed by atoms with Crippen LogP contribution in [-0.2, 0) is 6.61 Å². The molecule has 0 unspecified atom stereocenters. The van der Waals surface area contributed by atoms with Crippen molar-refractivity contribution in [2.75, 3.05) is 6.61 Å². The van der Waals surface area contributed by atoms with E-state index in [2.05, 4.69) is 14.7 Å². The standard InChI is InChI=1S/C14H12F4N2O2/c15-13(16)14(17,18)8-22-12-6-11(19-9-20-12)21-7-10-4-2-1-3-5-10/h1-6,9,13H,7-8H2. The van der Waals surface area contributed by atoms with E-state index in [0.717, 1.165) is 18.0 Å². The Bertz CT molecular complexity index is 596. The molecule has 0 N–H and O–H groups in total. The Morgan fingerprint density at radius 3 is 2.27 bits per heavy atom. The molecule has 0 saturated heterocycles. The number of benzene rings is 1. The molecule has 0 radical (unpaired) electrons. The molecule has 2 rings (SSSR count). The molecule has 1 aromatic heterocycles. The van der Waals surface area contributed by atoms with Gasteiger partial charge in [0.2, 0.25) is 11.8 Å². The molecule has 0 aliphatic heterocycles. The third-order valence-corrected chi connectivity index (χ3v) is 2.58. The van der Waals surface area contributed by atoms with Crippen LogP contribution in [0, 0.1) is 0 Å². The first-order valence-corrected chi connectivity index (χ1v) is 6.25. The maximum atomic E-state index is 12.8. The van der Waals surface area contributed by atoms with E-state index in [1.165, 1.54) is 0 Å². The summed E-state index contributed by atoms with van der Waals surface area (Å²) in [7, 11) is 0. The minimum Gasteiger partial charge on any atom is -0.473 e. The van der Waals surface area contributed by atoms with Crippen molar-refractivity contribution >= 4 is 0 Å². The van der Waals surface area contributed by atoms with Gasteiger partial charge in [0.25, 0.3) is 0 Å². The normalized spacial score (nSPS) is 11.5. The maximum absolute atomic E-state index is 12.8. The summed E-state index contributed by atoms with van der Waals surface area (Å²) in [6.45, 7) is -1.26. The Balaban J connectivity index is 1.92. The Labute approximate surface area is 123 Å². The SMILES string of the molecule is FC(F)C(F)(F)COc1cc(OCc2ccccc2)ncn1. The van der Waals surface area contributed by atoms with Crippen molar-refractivity contribution in [3.05, 3.63) is 48.3 Å². The van der Waals surface area contributed by atoms with Gasteiger partial charge in [0.15, 0.2) is 6.61 Å². The van der Waals surface area contributed by atoms with E-state index in [-0.39, 0.29) is 18.4 Å². The van der Waals surface area contributed by atoms with E-state index < -0.39 is 19.0 Å². The Kier molecular flexibility index (Phi) is 5.13. The second-order valence-corrected chi connectivity index (χ2v) is 4.32. The van der Waals surface area contributed by atoms with Crippen LogP contribution in [0.3, 0.4) is 0 Å². The lowest BCUT2D eigenvalue weighted by atomic mass is 10.2. The lowest BCUT2D eigenvalue weighted by molar-refractivity contribution is -0.148. The smallest absolute Gasteiger partial charge is 0.340 e. The summed E-state index contributed by atoms with van der Waals surface area (Å²) in [5, 5.41) is 0. The fourth-order valence-corrected chi connectivity index (χ4v) is 1.45. The minimum absolute atomic E-state index is 0.0919. The van der Waals surface area contributed by atoms with Crippen molar-refractivity contribution < 1.29 is 27.0 Å². The van der Waals surface area contributed by atoms with Crippen molar-refractivity contribution in [1.82, 2.24) is 9.97 Å². The molecule has 1 heterocycles. The minimum atomic E-state index is -4.24. The zero-order valence-corrected chi connectivity index (χ0v) is 11.3. The molecule has 0 aliphatic rings. The molecule has 2 aromatic rings. The van der Waals surface area contributed by atoms with E-state index >= 15 is 0 Å². The number of hydrogen-bond acceptors (Lipinski definition) is 4. The van der Waals surface area contributed by atoms with Crippen molar-refractivity contribution in [3.63, 3.8) is 0 Å². The van der Waals surface area contributed by atoms with Gasteiger partial charge in [0.1, 0.15) is 12.9 Å². The van der Waals surface area contributed by atoms with Gasteiger partial charge in [-0.05, 0) is 5.56 Å². The predicted molar refractivity (Wildman–Crippen MR) is 69.3 cm³/mol. The van der Waals surface area contributed by atoms with Gasteiger partial charge in [-0.3, -0.25) is 0 Å². The van der Waals surface area contributed by atoms with Crippen LogP contribution < -0.4 is 9.47 Å². The summed E-state index contributed by atoms with van der Waals surface area (Å²) in [6.07, 6.45) is -2.76. The van der Waals surface area contributed by atoms with Crippen LogP contribution in [0.2, 0.25) is 0 Å². The summed E-state index contributed by atoms with van der Waals surface area (Å²) in [5.41, 5.74) is 0.882. The monoisotopic (exact) mass is 316 g/mol. The second kappa shape index (κ2) is 7.06. The summed E-state index contributed by atoms with van der Waals surface area (Å²) in [4.78, 5) is 7.35. The van der Waals surface area contributed by atoms with Crippen LogP contribution in [0.5, 0.6) is 11.8 Å². The molecule has 0 saturated carbocycles. The molecule has 22 heavy (non-hydrogen) atoms. The summed E-state index contributed by atoms with van der Waals surface area (Å²) >= 11 is 0. The zero-order valence-electron chi connectivity index (χ0n) is 11.3.